The number of nitrogens with one attached hydrogen (secondary N) is 1. The quantitative estimate of drug-likeness (QED) is 0.929. The highest BCUT2D eigenvalue weighted by Gasteiger charge is 2.34. The zero-order chi connectivity index (χ0) is 12.5. The Balaban J connectivity index is 2.20. The molecule has 1 atom stereocenters. The lowest BCUT2D eigenvalue weighted by atomic mass is 9.91. The Morgan fingerprint density at radius 2 is 2.35 bits per heavy atom. The van der Waals surface area contributed by atoms with E-state index in [1.54, 1.807) is 4.68 Å². The molecule has 1 unspecified atom stereocenters. The van der Waals surface area contributed by atoms with E-state index in [0.717, 1.165) is 35.2 Å². The second-order valence-electron chi connectivity index (χ2n) is 4.79. The molecule has 0 amide bonds. The maximum atomic E-state index is 14.6. The highest BCUT2D eigenvalue weighted by atomic mass is 79.9. The molecule has 5 heteroatoms. The Hall–Kier alpha value is -0.420. The summed E-state index contributed by atoms with van der Waals surface area (Å²) in [5, 5.41) is 7.54. The molecule has 0 saturated carbocycles. The SMILES string of the molecule is CCc1nn(C)c(CC2(F)CCCNC2)c1Br. The zero-order valence-corrected chi connectivity index (χ0v) is 12.0. The maximum Gasteiger partial charge on any atom is 0.129 e. The molecule has 1 aromatic heterocycles. The molecule has 2 heterocycles. The normalized spacial score (nSPS) is 25.2. The van der Waals surface area contributed by atoms with E-state index in [0.29, 0.717) is 19.4 Å². The molecule has 1 aromatic rings. The van der Waals surface area contributed by atoms with Crippen molar-refractivity contribution in [3.8, 4) is 0 Å². The number of halogens is 2. The van der Waals surface area contributed by atoms with Crippen LogP contribution >= 0.6 is 15.9 Å². The summed E-state index contributed by atoms with van der Waals surface area (Å²) in [4.78, 5) is 0. The van der Waals surface area contributed by atoms with Gasteiger partial charge in [0.15, 0.2) is 0 Å². The van der Waals surface area contributed by atoms with Crippen molar-refractivity contribution in [3.63, 3.8) is 0 Å². The van der Waals surface area contributed by atoms with Gasteiger partial charge in [0.25, 0.3) is 0 Å². The van der Waals surface area contributed by atoms with Crippen molar-refractivity contribution < 1.29 is 4.39 Å². The molecule has 1 N–H and O–H groups in total. The largest absolute Gasteiger partial charge is 0.314 e. The van der Waals surface area contributed by atoms with Gasteiger partial charge in [-0.2, -0.15) is 5.10 Å². The Morgan fingerprint density at radius 1 is 1.59 bits per heavy atom. The van der Waals surface area contributed by atoms with Gasteiger partial charge < -0.3 is 5.32 Å². The van der Waals surface area contributed by atoms with Gasteiger partial charge in [-0.15, -0.1) is 0 Å². The van der Waals surface area contributed by atoms with E-state index >= 15 is 0 Å². The number of hydrogen-bond acceptors (Lipinski definition) is 2. The number of aromatic nitrogens is 2. The topological polar surface area (TPSA) is 29.9 Å². The summed E-state index contributed by atoms with van der Waals surface area (Å²) in [5.41, 5.74) is 0.850. The van der Waals surface area contributed by atoms with E-state index in [1.807, 2.05) is 7.05 Å². The Bertz CT molecular complexity index is 397. The third-order valence-corrected chi connectivity index (χ3v) is 4.32. The monoisotopic (exact) mass is 303 g/mol. The van der Waals surface area contributed by atoms with E-state index in [2.05, 4.69) is 33.3 Å². The molecule has 3 nitrogen and oxygen atoms in total. The van der Waals surface area contributed by atoms with Crippen LogP contribution in [0, 0.1) is 0 Å². The number of piperidine rings is 1. The molecule has 1 aliphatic heterocycles. The molecule has 0 radical (unpaired) electrons. The van der Waals surface area contributed by atoms with Gasteiger partial charge in [-0.05, 0) is 41.7 Å². The van der Waals surface area contributed by atoms with Crippen molar-refractivity contribution in [2.45, 2.75) is 38.3 Å². The predicted octanol–water partition coefficient (Wildman–Crippen LogP) is 2.38. The zero-order valence-electron chi connectivity index (χ0n) is 10.4. The summed E-state index contributed by atoms with van der Waals surface area (Å²) in [6.45, 7) is 3.44. The molecule has 0 aliphatic carbocycles. The number of alkyl halides is 1. The van der Waals surface area contributed by atoms with Gasteiger partial charge in [-0.25, -0.2) is 4.39 Å². The first-order valence-corrected chi connectivity index (χ1v) is 6.95. The lowest BCUT2D eigenvalue weighted by molar-refractivity contribution is 0.120. The first-order chi connectivity index (χ1) is 8.06. The van der Waals surface area contributed by atoms with E-state index in [-0.39, 0.29) is 0 Å². The van der Waals surface area contributed by atoms with E-state index < -0.39 is 5.67 Å². The molecule has 1 saturated heterocycles. The standard InChI is InChI=1S/C12H19BrFN3/c1-3-9-11(13)10(17(2)16-9)7-12(14)5-4-6-15-8-12/h15H,3-8H2,1-2H3. The van der Waals surface area contributed by atoms with E-state index in [1.165, 1.54) is 0 Å². The molecule has 1 fully saturated rings. The number of nitrogens with zero attached hydrogens (tertiary/aromatic N) is 2. The lowest BCUT2D eigenvalue weighted by Gasteiger charge is -2.30. The molecular weight excluding hydrogens is 285 g/mol. The minimum Gasteiger partial charge on any atom is -0.314 e. The molecule has 96 valence electrons. The summed E-state index contributed by atoms with van der Waals surface area (Å²) in [6, 6.07) is 0. The predicted molar refractivity (Wildman–Crippen MR) is 69.9 cm³/mol. The highest BCUT2D eigenvalue weighted by molar-refractivity contribution is 9.10. The second-order valence-corrected chi connectivity index (χ2v) is 5.59. The van der Waals surface area contributed by atoms with Crippen molar-refractivity contribution in [2.75, 3.05) is 13.1 Å². The first kappa shape index (κ1) is 13.0. The molecule has 2 rings (SSSR count). The number of aryl methyl sites for hydroxylation is 2. The summed E-state index contributed by atoms with van der Waals surface area (Å²) < 4.78 is 17.4. The Morgan fingerprint density at radius 3 is 2.88 bits per heavy atom. The van der Waals surface area contributed by atoms with E-state index in [9.17, 15) is 4.39 Å². The van der Waals surface area contributed by atoms with Crippen LogP contribution in [0.25, 0.3) is 0 Å². The average Bonchev–Trinajstić information content (AvgIpc) is 2.57. The average molecular weight is 304 g/mol. The van der Waals surface area contributed by atoms with Crippen LogP contribution < -0.4 is 5.32 Å². The van der Waals surface area contributed by atoms with Gasteiger partial charge in [-0.3, -0.25) is 4.68 Å². The van der Waals surface area contributed by atoms with Crippen molar-refractivity contribution in [1.29, 1.82) is 0 Å². The van der Waals surface area contributed by atoms with Gasteiger partial charge >= 0.3 is 0 Å². The minimum absolute atomic E-state index is 0.435. The van der Waals surface area contributed by atoms with Crippen LogP contribution in [0.2, 0.25) is 0 Å². The van der Waals surface area contributed by atoms with E-state index in [4.69, 9.17) is 0 Å². The fraction of sp³-hybridized carbons (Fsp3) is 0.750. The maximum absolute atomic E-state index is 14.6. The Labute approximate surface area is 110 Å². The molecule has 0 spiro atoms. The van der Waals surface area contributed by atoms with Gasteiger partial charge in [-0.1, -0.05) is 6.92 Å². The van der Waals surface area contributed by atoms with Crippen molar-refractivity contribution in [2.24, 2.45) is 7.05 Å². The third kappa shape index (κ3) is 2.71. The number of hydrogen-bond donors (Lipinski definition) is 1. The fourth-order valence-corrected chi connectivity index (χ4v) is 3.15. The fourth-order valence-electron chi connectivity index (χ4n) is 2.39. The summed E-state index contributed by atoms with van der Waals surface area (Å²) in [5.74, 6) is 0. The molecule has 17 heavy (non-hydrogen) atoms. The van der Waals surface area contributed by atoms with Crippen LogP contribution in [0.4, 0.5) is 4.39 Å². The van der Waals surface area contributed by atoms with Gasteiger partial charge in [0, 0.05) is 20.0 Å². The van der Waals surface area contributed by atoms with Gasteiger partial charge in [0.05, 0.1) is 15.9 Å². The summed E-state index contributed by atoms with van der Waals surface area (Å²) in [7, 11) is 1.89. The molecule has 1 aliphatic rings. The highest BCUT2D eigenvalue weighted by Crippen LogP contribution is 2.30. The van der Waals surface area contributed by atoms with Gasteiger partial charge in [0.1, 0.15) is 5.67 Å². The first-order valence-electron chi connectivity index (χ1n) is 6.15. The Kier molecular flexibility index (Phi) is 3.88. The number of rotatable bonds is 3. The molecular formula is C12H19BrFN3. The van der Waals surface area contributed by atoms with Gasteiger partial charge in [0.2, 0.25) is 0 Å². The third-order valence-electron chi connectivity index (χ3n) is 3.41. The summed E-state index contributed by atoms with van der Waals surface area (Å²) in [6.07, 6.45) is 2.85. The van der Waals surface area contributed by atoms with Crippen LogP contribution in [-0.4, -0.2) is 28.5 Å². The van der Waals surface area contributed by atoms with Crippen molar-refractivity contribution in [1.82, 2.24) is 15.1 Å². The van der Waals surface area contributed by atoms with Crippen LogP contribution in [0.15, 0.2) is 4.47 Å². The second kappa shape index (κ2) is 5.06. The lowest BCUT2D eigenvalue weighted by Crippen LogP contribution is -2.44. The summed E-state index contributed by atoms with van der Waals surface area (Å²) >= 11 is 3.54. The smallest absolute Gasteiger partial charge is 0.129 e. The van der Waals surface area contributed by atoms with Crippen LogP contribution in [0.3, 0.4) is 0 Å². The minimum atomic E-state index is -1.13. The van der Waals surface area contributed by atoms with Crippen LogP contribution in [-0.2, 0) is 19.9 Å². The van der Waals surface area contributed by atoms with Crippen LogP contribution in [0.5, 0.6) is 0 Å². The van der Waals surface area contributed by atoms with Crippen molar-refractivity contribution >= 4 is 15.9 Å². The molecule has 0 bridgehead atoms. The molecule has 0 aromatic carbocycles. The van der Waals surface area contributed by atoms with Crippen LogP contribution in [0.1, 0.15) is 31.2 Å². The van der Waals surface area contributed by atoms with Crippen molar-refractivity contribution in [3.05, 3.63) is 15.9 Å².